The summed E-state index contributed by atoms with van der Waals surface area (Å²) in [6.45, 7) is 1.99. The van der Waals surface area contributed by atoms with Crippen LogP contribution >= 0.6 is 0 Å². The minimum absolute atomic E-state index is 0.0831. The molecule has 2 rings (SSSR count). The third-order valence-corrected chi connectivity index (χ3v) is 3.12. The summed E-state index contributed by atoms with van der Waals surface area (Å²) in [5.74, 6) is -0.152. The maximum absolute atomic E-state index is 11.5. The monoisotopic (exact) mass is 228 g/mol. The van der Waals surface area contributed by atoms with Gasteiger partial charge < -0.3 is 14.2 Å². The van der Waals surface area contributed by atoms with Gasteiger partial charge in [0.15, 0.2) is 0 Å². The van der Waals surface area contributed by atoms with E-state index in [2.05, 4.69) is 0 Å². The van der Waals surface area contributed by atoms with Crippen LogP contribution in [0.1, 0.15) is 38.5 Å². The second kappa shape index (κ2) is 6.21. The molecule has 0 aromatic heterocycles. The van der Waals surface area contributed by atoms with Crippen LogP contribution in [0.4, 0.5) is 0 Å². The first-order valence-corrected chi connectivity index (χ1v) is 6.23. The van der Waals surface area contributed by atoms with Crippen molar-refractivity contribution in [2.24, 2.45) is 0 Å². The van der Waals surface area contributed by atoms with Gasteiger partial charge in [-0.05, 0) is 32.1 Å². The highest BCUT2D eigenvalue weighted by Crippen LogP contribution is 2.17. The van der Waals surface area contributed by atoms with Crippen molar-refractivity contribution in [2.45, 2.75) is 50.7 Å². The lowest BCUT2D eigenvalue weighted by atomic mass is 10.1. The lowest BCUT2D eigenvalue weighted by Crippen LogP contribution is -2.26. The van der Waals surface area contributed by atoms with E-state index >= 15 is 0 Å². The maximum Gasteiger partial charge on any atom is 0.308 e. The van der Waals surface area contributed by atoms with Gasteiger partial charge >= 0.3 is 5.97 Å². The van der Waals surface area contributed by atoms with Crippen molar-refractivity contribution >= 4 is 5.97 Å². The average molecular weight is 228 g/mol. The first-order valence-electron chi connectivity index (χ1n) is 6.23. The number of esters is 1. The van der Waals surface area contributed by atoms with Gasteiger partial charge in [0.05, 0.1) is 18.6 Å². The Morgan fingerprint density at radius 2 is 1.81 bits per heavy atom. The second-order valence-electron chi connectivity index (χ2n) is 4.51. The van der Waals surface area contributed by atoms with E-state index in [1.807, 2.05) is 0 Å². The molecule has 2 heterocycles. The van der Waals surface area contributed by atoms with Crippen LogP contribution in [0.3, 0.4) is 0 Å². The van der Waals surface area contributed by atoms with Gasteiger partial charge in [0.2, 0.25) is 0 Å². The Morgan fingerprint density at radius 1 is 1.06 bits per heavy atom. The van der Waals surface area contributed by atoms with Crippen LogP contribution in [0.2, 0.25) is 0 Å². The van der Waals surface area contributed by atoms with E-state index in [4.69, 9.17) is 14.2 Å². The normalized spacial score (nSPS) is 30.2. The van der Waals surface area contributed by atoms with Gasteiger partial charge in [-0.25, -0.2) is 0 Å². The van der Waals surface area contributed by atoms with Gasteiger partial charge in [-0.2, -0.15) is 0 Å². The Bertz CT molecular complexity index is 217. The molecule has 2 unspecified atom stereocenters. The number of ether oxygens (including phenoxy) is 3. The van der Waals surface area contributed by atoms with Gasteiger partial charge in [-0.1, -0.05) is 0 Å². The first-order chi connectivity index (χ1) is 7.84. The van der Waals surface area contributed by atoms with Crippen LogP contribution in [-0.4, -0.2) is 38.0 Å². The maximum atomic E-state index is 11.5. The molecule has 4 heteroatoms. The van der Waals surface area contributed by atoms with Crippen molar-refractivity contribution in [1.82, 2.24) is 0 Å². The van der Waals surface area contributed by atoms with E-state index in [1.165, 1.54) is 6.42 Å². The molecule has 2 aliphatic rings. The lowest BCUT2D eigenvalue weighted by molar-refractivity contribution is -0.151. The average Bonchev–Trinajstić information content (AvgIpc) is 2.81. The molecule has 0 aliphatic carbocycles. The van der Waals surface area contributed by atoms with Crippen LogP contribution < -0.4 is 0 Å². The Labute approximate surface area is 96.2 Å². The predicted molar refractivity (Wildman–Crippen MR) is 58.1 cm³/mol. The van der Waals surface area contributed by atoms with Crippen LogP contribution in [0.25, 0.3) is 0 Å². The molecule has 0 saturated carbocycles. The Kier molecular flexibility index (Phi) is 4.60. The van der Waals surface area contributed by atoms with Gasteiger partial charge in [0, 0.05) is 13.2 Å². The number of rotatable bonds is 4. The topological polar surface area (TPSA) is 44.8 Å². The smallest absolute Gasteiger partial charge is 0.308 e. The molecule has 0 spiro atoms. The molecule has 0 bridgehead atoms. The summed E-state index contributed by atoms with van der Waals surface area (Å²) in [6.07, 6.45) is 5.94. The number of carbonyl (C=O) groups excluding carboxylic acids is 1. The van der Waals surface area contributed by atoms with Crippen LogP contribution in [0.15, 0.2) is 0 Å². The molecular formula is C12H20O4. The van der Waals surface area contributed by atoms with E-state index in [-0.39, 0.29) is 18.2 Å². The molecule has 0 aromatic carbocycles. The van der Waals surface area contributed by atoms with Crippen molar-refractivity contribution in [1.29, 1.82) is 0 Å². The first kappa shape index (κ1) is 11.9. The minimum atomic E-state index is -0.152. The third kappa shape index (κ3) is 3.76. The summed E-state index contributed by atoms with van der Waals surface area (Å²) in [5, 5.41) is 0. The molecule has 0 amide bonds. The molecule has 0 aromatic rings. The van der Waals surface area contributed by atoms with E-state index < -0.39 is 0 Å². The van der Waals surface area contributed by atoms with Crippen molar-refractivity contribution in [3.63, 3.8) is 0 Å². The molecule has 2 atom stereocenters. The summed E-state index contributed by atoms with van der Waals surface area (Å²) < 4.78 is 16.1. The fourth-order valence-corrected chi connectivity index (χ4v) is 2.17. The molecule has 4 nitrogen and oxygen atoms in total. The molecule has 0 radical (unpaired) electrons. The largest absolute Gasteiger partial charge is 0.463 e. The highest BCUT2D eigenvalue weighted by molar-refractivity contribution is 5.70. The fraction of sp³-hybridized carbons (Fsp3) is 0.917. The Balaban J connectivity index is 1.59. The number of hydrogen-bond donors (Lipinski definition) is 0. The number of carbonyl (C=O) groups is 1. The van der Waals surface area contributed by atoms with Crippen molar-refractivity contribution in [3.8, 4) is 0 Å². The van der Waals surface area contributed by atoms with Gasteiger partial charge in [-0.15, -0.1) is 0 Å². The molecule has 16 heavy (non-hydrogen) atoms. The highest BCUT2D eigenvalue weighted by Gasteiger charge is 2.21. The van der Waals surface area contributed by atoms with Crippen LogP contribution in [-0.2, 0) is 19.0 Å². The Hall–Kier alpha value is -0.610. The van der Waals surface area contributed by atoms with E-state index in [1.54, 1.807) is 0 Å². The molecule has 0 N–H and O–H groups in total. The van der Waals surface area contributed by atoms with Gasteiger partial charge in [0.25, 0.3) is 0 Å². The molecule has 2 fully saturated rings. The van der Waals surface area contributed by atoms with E-state index in [9.17, 15) is 4.79 Å². The highest BCUT2D eigenvalue weighted by atomic mass is 16.6. The molecule has 2 aliphatic heterocycles. The zero-order valence-corrected chi connectivity index (χ0v) is 9.65. The van der Waals surface area contributed by atoms with Crippen molar-refractivity contribution in [3.05, 3.63) is 0 Å². The van der Waals surface area contributed by atoms with Crippen LogP contribution in [0, 0.1) is 0 Å². The minimum Gasteiger partial charge on any atom is -0.463 e. The van der Waals surface area contributed by atoms with Gasteiger partial charge in [0.1, 0.15) is 6.61 Å². The molecular weight excluding hydrogens is 208 g/mol. The molecule has 92 valence electrons. The summed E-state index contributed by atoms with van der Waals surface area (Å²) in [5.41, 5.74) is 0. The summed E-state index contributed by atoms with van der Waals surface area (Å²) >= 11 is 0. The summed E-state index contributed by atoms with van der Waals surface area (Å²) in [7, 11) is 0. The SMILES string of the molecule is O=C(CC1CCCO1)OCC1CCCCO1. The quantitative estimate of drug-likeness (QED) is 0.687. The standard InChI is InChI=1S/C12H20O4/c13-12(8-10-5-3-7-14-10)16-9-11-4-1-2-6-15-11/h10-11H,1-9H2. The zero-order valence-electron chi connectivity index (χ0n) is 9.65. The Morgan fingerprint density at radius 3 is 2.50 bits per heavy atom. The second-order valence-corrected chi connectivity index (χ2v) is 4.51. The van der Waals surface area contributed by atoms with E-state index in [0.717, 1.165) is 38.9 Å². The van der Waals surface area contributed by atoms with Crippen molar-refractivity contribution in [2.75, 3.05) is 19.8 Å². The van der Waals surface area contributed by atoms with Gasteiger partial charge in [-0.3, -0.25) is 4.79 Å². The van der Waals surface area contributed by atoms with E-state index in [0.29, 0.717) is 13.0 Å². The molecule has 2 saturated heterocycles. The summed E-state index contributed by atoms with van der Waals surface area (Å²) in [4.78, 5) is 11.5. The lowest BCUT2D eigenvalue weighted by Gasteiger charge is -2.22. The third-order valence-electron chi connectivity index (χ3n) is 3.12. The fourth-order valence-electron chi connectivity index (χ4n) is 2.17. The zero-order chi connectivity index (χ0) is 11.2. The summed E-state index contributed by atoms with van der Waals surface area (Å²) in [6, 6.07) is 0. The van der Waals surface area contributed by atoms with Crippen LogP contribution in [0.5, 0.6) is 0 Å². The number of hydrogen-bond acceptors (Lipinski definition) is 4. The van der Waals surface area contributed by atoms with Crippen molar-refractivity contribution < 1.29 is 19.0 Å². The predicted octanol–water partition coefficient (Wildman–Crippen LogP) is 1.67.